The van der Waals surface area contributed by atoms with Crippen LogP contribution in [0.25, 0.3) is 0 Å². The molecule has 0 fully saturated rings. The summed E-state index contributed by atoms with van der Waals surface area (Å²) in [7, 11) is 0. The molecule has 0 saturated carbocycles. The molecule has 0 aliphatic rings. The number of halogens is 3. The summed E-state index contributed by atoms with van der Waals surface area (Å²) < 4.78 is 37.5. The van der Waals surface area contributed by atoms with E-state index in [-0.39, 0.29) is 24.0 Å². The Hall–Kier alpha value is -1.70. The van der Waals surface area contributed by atoms with Gasteiger partial charge in [-0.2, -0.15) is 13.2 Å². The summed E-state index contributed by atoms with van der Waals surface area (Å²) in [6, 6.07) is 3.32. The number of nitrogens with one attached hydrogen (secondary N) is 1. The van der Waals surface area contributed by atoms with Gasteiger partial charge in [-0.25, -0.2) is 0 Å². The van der Waals surface area contributed by atoms with E-state index in [1.165, 1.54) is 13.0 Å². The van der Waals surface area contributed by atoms with Crippen molar-refractivity contribution in [2.45, 2.75) is 19.6 Å². The van der Waals surface area contributed by atoms with Gasteiger partial charge < -0.3 is 10.4 Å². The zero-order valence-corrected chi connectivity index (χ0v) is 12.0. The molecule has 1 rings (SSSR count). The van der Waals surface area contributed by atoms with Crippen LogP contribution in [0.3, 0.4) is 0 Å². The van der Waals surface area contributed by atoms with E-state index in [0.29, 0.717) is 11.1 Å². The van der Waals surface area contributed by atoms with Crippen LogP contribution in [0.15, 0.2) is 18.2 Å². The highest BCUT2D eigenvalue weighted by molar-refractivity contribution is 8.00. The Bertz CT molecular complexity index is 532. The molecule has 0 atom stereocenters. The molecule has 0 aromatic heterocycles. The lowest BCUT2D eigenvalue weighted by Gasteiger charge is -2.11. The van der Waals surface area contributed by atoms with Gasteiger partial charge in [-0.05, 0) is 30.2 Å². The second-order valence-electron chi connectivity index (χ2n) is 4.30. The first-order chi connectivity index (χ1) is 9.70. The van der Waals surface area contributed by atoms with Crippen molar-refractivity contribution in [2.24, 2.45) is 0 Å². The summed E-state index contributed by atoms with van der Waals surface area (Å²) in [6.45, 7) is 1.65. The molecule has 1 aromatic rings. The lowest BCUT2D eigenvalue weighted by atomic mass is 10.0. The first-order valence-corrected chi connectivity index (χ1v) is 7.08. The fraction of sp³-hybridized carbons (Fsp3) is 0.385. The zero-order chi connectivity index (χ0) is 16.0. The van der Waals surface area contributed by atoms with Crippen LogP contribution in [0.5, 0.6) is 0 Å². The van der Waals surface area contributed by atoms with E-state index in [2.05, 4.69) is 5.32 Å². The van der Waals surface area contributed by atoms with Crippen molar-refractivity contribution in [3.05, 3.63) is 34.9 Å². The van der Waals surface area contributed by atoms with E-state index >= 15 is 0 Å². The summed E-state index contributed by atoms with van der Waals surface area (Å²) in [5, 5.41) is 11.0. The molecule has 0 aliphatic heterocycles. The maximum atomic E-state index is 12.5. The smallest absolute Gasteiger partial charge is 0.416 e. The quantitative estimate of drug-likeness (QED) is 0.844. The number of hydrogen-bond donors (Lipinski definition) is 2. The number of aliphatic carboxylic acids is 1. The Morgan fingerprint density at radius 1 is 1.29 bits per heavy atom. The SMILES string of the molecule is Cc1cc(C(F)(F)F)ccc1CNC(=O)CSCC(=O)O. The largest absolute Gasteiger partial charge is 0.481 e. The van der Waals surface area contributed by atoms with Crippen LogP contribution < -0.4 is 5.32 Å². The predicted molar refractivity (Wildman–Crippen MR) is 73.0 cm³/mol. The van der Waals surface area contributed by atoms with Crippen molar-refractivity contribution in [1.82, 2.24) is 5.32 Å². The molecule has 0 radical (unpaired) electrons. The van der Waals surface area contributed by atoms with Crippen LogP contribution in [-0.2, 0) is 22.3 Å². The van der Waals surface area contributed by atoms with Gasteiger partial charge in [0, 0.05) is 6.54 Å². The molecule has 0 unspecified atom stereocenters. The van der Waals surface area contributed by atoms with E-state index in [9.17, 15) is 22.8 Å². The molecule has 116 valence electrons. The molecule has 2 N–H and O–H groups in total. The number of carbonyl (C=O) groups is 2. The minimum atomic E-state index is -4.39. The van der Waals surface area contributed by atoms with Gasteiger partial charge in [-0.15, -0.1) is 11.8 Å². The van der Waals surface area contributed by atoms with Gasteiger partial charge in [0.1, 0.15) is 0 Å². The highest BCUT2D eigenvalue weighted by atomic mass is 32.2. The van der Waals surface area contributed by atoms with E-state index in [0.717, 1.165) is 23.9 Å². The van der Waals surface area contributed by atoms with Crippen LogP contribution in [0.2, 0.25) is 0 Å². The maximum absolute atomic E-state index is 12.5. The Morgan fingerprint density at radius 2 is 1.95 bits per heavy atom. The van der Waals surface area contributed by atoms with Gasteiger partial charge in [0.05, 0.1) is 17.1 Å². The second kappa shape index (κ2) is 7.35. The summed E-state index contributed by atoms with van der Waals surface area (Å²) >= 11 is 0.954. The minimum Gasteiger partial charge on any atom is -0.481 e. The number of aryl methyl sites for hydroxylation is 1. The monoisotopic (exact) mass is 321 g/mol. The average Bonchev–Trinajstić information content (AvgIpc) is 2.35. The van der Waals surface area contributed by atoms with E-state index in [4.69, 9.17) is 5.11 Å². The third-order valence-electron chi connectivity index (χ3n) is 2.60. The fourth-order valence-corrected chi connectivity index (χ4v) is 2.11. The lowest BCUT2D eigenvalue weighted by Crippen LogP contribution is -2.25. The second-order valence-corrected chi connectivity index (χ2v) is 5.29. The van der Waals surface area contributed by atoms with Crippen molar-refractivity contribution < 1.29 is 27.9 Å². The Balaban J connectivity index is 2.52. The van der Waals surface area contributed by atoms with Crippen molar-refractivity contribution in [1.29, 1.82) is 0 Å². The highest BCUT2D eigenvalue weighted by Gasteiger charge is 2.30. The average molecular weight is 321 g/mol. The number of hydrogen-bond acceptors (Lipinski definition) is 3. The first-order valence-electron chi connectivity index (χ1n) is 5.93. The molecule has 4 nitrogen and oxygen atoms in total. The number of carbonyl (C=O) groups excluding carboxylic acids is 1. The van der Waals surface area contributed by atoms with Gasteiger partial charge in [0.15, 0.2) is 0 Å². The van der Waals surface area contributed by atoms with Crippen LogP contribution in [-0.4, -0.2) is 28.5 Å². The van der Waals surface area contributed by atoms with Gasteiger partial charge in [-0.3, -0.25) is 9.59 Å². The standard InChI is InChI=1S/C13H14F3NO3S/c1-8-4-10(13(14,15)16)3-2-9(8)5-17-11(18)6-21-7-12(19)20/h2-4H,5-7H2,1H3,(H,17,18)(H,19,20). The molecule has 8 heteroatoms. The number of alkyl halides is 3. The van der Waals surface area contributed by atoms with Crippen molar-refractivity contribution in [3.8, 4) is 0 Å². The molecule has 21 heavy (non-hydrogen) atoms. The summed E-state index contributed by atoms with van der Waals surface area (Å²) in [6.07, 6.45) is -4.39. The van der Waals surface area contributed by atoms with Gasteiger partial charge in [-0.1, -0.05) is 6.07 Å². The molecule has 0 aliphatic carbocycles. The van der Waals surface area contributed by atoms with Crippen LogP contribution >= 0.6 is 11.8 Å². The number of thioether (sulfide) groups is 1. The summed E-state index contributed by atoms with van der Waals surface area (Å²) in [5.74, 6) is -1.55. The normalized spacial score (nSPS) is 11.2. The van der Waals surface area contributed by atoms with E-state index < -0.39 is 17.7 Å². The van der Waals surface area contributed by atoms with Crippen molar-refractivity contribution >= 4 is 23.6 Å². The molecule has 0 heterocycles. The van der Waals surface area contributed by atoms with E-state index in [1.54, 1.807) is 0 Å². The number of benzene rings is 1. The topological polar surface area (TPSA) is 66.4 Å². The van der Waals surface area contributed by atoms with Crippen LogP contribution in [0.4, 0.5) is 13.2 Å². The van der Waals surface area contributed by atoms with Gasteiger partial charge in [0.25, 0.3) is 0 Å². The first kappa shape index (κ1) is 17.4. The Kier molecular flexibility index (Phi) is 6.07. The van der Waals surface area contributed by atoms with Gasteiger partial charge >= 0.3 is 12.1 Å². The van der Waals surface area contributed by atoms with Crippen molar-refractivity contribution in [3.63, 3.8) is 0 Å². The molecule has 0 spiro atoms. The minimum absolute atomic E-state index is 0.00795. The number of rotatable bonds is 6. The number of carboxylic acids is 1. The van der Waals surface area contributed by atoms with Crippen LogP contribution in [0.1, 0.15) is 16.7 Å². The molecular weight excluding hydrogens is 307 g/mol. The summed E-state index contributed by atoms with van der Waals surface area (Å²) in [5.41, 5.74) is 0.287. The predicted octanol–water partition coefficient (Wildman–Crippen LogP) is 2.45. The molecule has 1 aromatic carbocycles. The molecular formula is C13H14F3NO3S. The Labute approximate surface area is 123 Å². The zero-order valence-electron chi connectivity index (χ0n) is 11.2. The van der Waals surface area contributed by atoms with Gasteiger partial charge in [0.2, 0.25) is 5.91 Å². The van der Waals surface area contributed by atoms with Crippen LogP contribution in [0, 0.1) is 6.92 Å². The Morgan fingerprint density at radius 3 is 2.48 bits per heavy atom. The number of amides is 1. The highest BCUT2D eigenvalue weighted by Crippen LogP contribution is 2.30. The van der Waals surface area contributed by atoms with E-state index in [1.807, 2.05) is 0 Å². The number of carboxylic acid groups (broad SMARTS) is 1. The molecule has 1 amide bonds. The lowest BCUT2D eigenvalue weighted by molar-refractivity contribution is -0.137. The molecule has 0 bridgehead atoms. The third kappa shape index (κ3) is 6.07. The fourth-order valence-electron chi connectivity index (χ4n) is 1.55. The summed E-state index contributed by atoms with van der Waals surface area (Å²) in [4.78, 5) is 21.7. The maximum Gasteiger partial charge on any atom is 0.416 e. The van der Waals surface area contributed by atoms with Crippen molar-refractivity contribution in [2.75, 3.05) is 11.5 Å². The molecule has 0 saturated heterocycles. The third-order valence-corrected chi connectivity index (χ3v) is 3.52.